The molecule has 0 spiro atoms. The van der Waals surface area contributed by atoms with Crippen LogP contribution in [-0.4, -0.2) is 25.6 Å². The van der Waals surface area contributed by atoms with Crippen LogP contribution >= 0.6 is 0 Å². The van der Waals surface area contributed by atoms with Crippen LogP contribution in [0.5, 0.6) is 5.75 Å². The maximum Gasteiger partial charge on any atom is 0.148 e. The minimum atomic E-state index is 0.452. The summed E-state index contributed by atoms with van der Waals surface area (Å²) in [6, 6.07) is 29.4. The van der Waals surface area contributed by atoms with Gasteiger partial charge in [0.1, 0.15) is 18.2 Å². The van der Waals surface area contributed by atoms with Gasteiger partial charge in [0.25, 0.3) is 0 Å². The Morgan fingerprint density at radius 2 is 1.64 bits per heavy atom. The molecule has 0 fully saturated rings. The quantitative estimate of drug-likeness (QED) is 0.349. The molecule has 1 N–H and O–H groups in total. The van der Waals surface area contributed by atoms with Gasteiger partial charge in [0.2, 0.25) is 0 Å². The molecule has 2 heterocycles. The molecule has 0 aliphatic carbocycles. The van der Waals surface area contributed by atoms with Crippen molar-refractivity contribution in [3.05, 3.63) is 113 Å². The van der Waals surface area contributed by atoms with Gasteiger partial charge in [-0.1, -0.05) is 60.7 Å². The van der Waals surface area contributed by atoms with Gasteiger partial charge >= 0.3 is 0 Å². The molecule has 3 aromatic carbocycles. The highest BCUT2D eigenvalue weighted by Crippen LogP contribution is 2.19. The Bertz CT molecular complexity index is 1320. The lowest BCUT2D eigenvalue weighted by Gasteiger charge is -2.09. The third-order valence-corrected chi connectivity index (χ3v) is 5.64. The van der Waals surface area contributed by atoms with Gasteiger partial charge < -0.3 is 4.74 Å². The Kier molecular flexibility index (Phi) is 6.33. The molecule has 33 heavy (non-hydrogen) atoms. The van der Waals surface area contributed by atoms with Crippen molar-refractivity contribution in [1.29, 1.82) is 0 Å². The van der Waals surface area contributed by atoms with Crippen molar-refractivity contribution in [2.45, 2.75) is 32.3 Å². The van der Waals surface area contributed by atoms with Crippen LogP contribution in [-0.2, 0) is 25.9 Å². The zero-order valence-corrected chi connectivity index (χ0v) is 18.3. The van der Waals surface area contributed by atoms with Crippen LogP contribution in [0.1, 0.15) is 34.6 Å². The topological polar surface area (TPSA) is 76.6 Å². The van der Waals surface area contributed by atoms with Crippen LogP contribution in [0.25, 0.3) is 10.9 Å². The first-order valence-electron chi connectivity index (χ1n) is 11.2. The smallest absolute Gasteiger partial charge is 0.148 e. The lowest BCUT2D eigenvalue weighted by molar-refractivity contribution is 0.301. The number of benzene rings is 3. The van der Waals surface area contributed by atoms with Gasteiger partial charge in [-0.15, -0.1) is 5.10 Å². The summed E-state index contributed by atoms with van der Waals surface area (Å²) in [4.78, 5) is 4.69. The average Bonchev–Trinajstić information content (AvgIpc) is 3.38. The third-order valence-electron chi connectivity index (χ3n) is 5.64. The van der Waals surface area contributed by atoms with E-state index in [9.17, 15) is 0 Å². The van der Waals surface area contributed by atoms with E-state index in [2.05, 4.69) is 74.1 Å². The lowest BCUT2D eigenvalue weighted by atomic mass is 10.0. The number of pyridine rings is 1. The fourth-order valence-electron chi connectivity index (χ4n) is 3.90. The molecule has 0 unspecified atom stereocenters. The van der Waals surface area contributed by atoms with E-state index in [1.807, 2.05) is 36.4 Å². The van der Waals surface area contributed by atoms with Crippen molar-refractivity contribution in [2.24, 2.45) is 0 Å². The second kappa shape index (κ2) is 10.0. The van der Waals surface area contributed by atoms with Crippen molar-refractivity contribution < 1.29 is 4.74 Å². The molecule has 6 heteroatoms. The van der Waals surface area contributed by atoms with E-state index in [1.165, 1.54) is 16.7 Å². The van der Waals surface area contributed by atoms with Crippen molar-refractivity contribution in [3.8, 4) is 5.75 Å². The highest BCUT2D eigenvalue weighted by molar-refractivity contribution is 5.78. The molecular weight excluding hydrogens is 410 g/mol. The van der Waals surface area contributed by atoms with E-state index in [0.29, 0.717) is 6.61 Å². The second-order valence-electron chi connectivity index (χ2n) is 8.13. The highest BCUT2D eigenvalue weighted by atomic mass is 16.5. The first-order chi connectivity index (χ1) is 16.3. The van der Waals surface area contributed by atoms with E-state index < -0.39 is 0 Å². The number of ether oxygens (including phenoxy) is 1. The van der Waals surface area contributed by atoms with E-state index in [4.69, 9.17) is 4.74 Å². The molecule has 0 atom stereocenters. The predicted molar refractivity (Wildman–Crippen MR) is 128 cm³/mol. The zero-order chi connectivity index (χ0) is 22.3. The number of rotatable bonds is 9. The molecule has 164 valence electrons. The standard InChI is InChI=1S/C27H25N5O/c1-2-9-26-23(7-1)15-16-24(28-26)19-33-25-8-3-6-22(18-25)17-21-13-11-20(12-14-21)5-4-10-27-29-31-32-30-27/h1-3,6-9,11-16,18H,4-5,10,17,19H2,(H,29,30,31,32). The number of aromatic amines is 1. The molecule has 0 saturated carbocycles. The SMILES string of the molecule is c1cc(Cc2ccc(CCCc3nnn[nH]3)cc2)cc(OCc2ccc3ccccc3n2)c1. The number of hydrogen-bond donors (Lipinski definition) is 1. The molecular formula is C27H25N5O. The predicted octanol–water partition coefficient (Wildman–Crippen LogP) is 5.09. The molecule has 0 aliphatic rings. The molecule has 0 radical (unpaired) electrons. The Balaban J connectivity index is 1.15. The number of fused-ring (bicyclic) bond motifs is 1. The largest absolute Gasteiger partial charge is 0.487 e. The Labute approximate surface area is 192 Å². The van der Waals surface area contributed by atoms with Crippen molar-refractivity contribution >= 4 is 10.9 Å². The van der Waals surface area contributed by atoms with Crippen molar-refractivity contribution in [3.63, 3.8) is 0 Å². The van der Waals surface area contributed by atoms with Crippen molar-refractivity contribution in [2.75, 3.05) is 0 Å². The minimum absolute atomic E-state index is 0.452. The summed E-state index contributed by atoms with van der Waals surface area (Å²) < 4.78 is 6.03. The number of para-hydroxylation sites is 1. The molecule has 2 aromatic heterocycles. The molecule has 6 nitrogen and oxygen atoms in total. The number of aryl methyl sites for hydroxylation is 2. The summed E-state index contributed by atoms with van der Waals surface area (Å²) in [5, 5.41) is 15.1. The molecule has 0 saturated heterocycles. The van der Waals surface area contributed by atoms with Crippen LogP contribution in [0.2, 0.25) is 0 Å². The van der Waals surface area contributed by atoms with E-state index in [0.717, 1.165) is 53.9 Å². The lowest BCUT2D eigenvalue weighted by Crippen LogP contribution is -1.99. The third kappa shape index (κ3) is 5.60. The average molecular weight is 436 g/mol. The van der Waals surface area contributed by atoms with Crippen LogP contribution in [0.15, 0.2) is 84.9 Å². The Morgan fingerprint density at radius 1 is 0.758 bits per heavy atom. The van der Waals surface area contributed by atoms with E-state index in [-0.39, 0.29) is 0 Å². The Hall–Kier alpha value is -4.06. The summed E-state index contributed by atoms with van der Waals surface area (Å²) in [6.07, 6.45) is 3.75. The number of hydrogen-bond acceptors (Lipinski definition) is 5. The molecule has 5 aromatic rings. The van der Waals surface area contributed by atoms with Gasteiger partial charge in [0, 0.05) is 11.8 Å². The number of nitrogens with zero attached hydrogens (tertiary/aromatic N) is 4. The number of aromatic nitrogens is 5. The molecule has 0 amide bonds. The van der Waals surface area contributed by atoms with E-state index >= 15 is 0 Å². The van der Waals surface area contributed by atoms with Gasteiger partial charge in [-0.2, -0.15) is 0 Å². The zero-order valence-electron chi connectivity index (χ0n) is 18.3. The van der Waals surface area contributed by atoms with Gasteiger partial charge in [-0.25, -0.2) is 10.1 Å². The highest BCUT2D eigenvalue weighted by Gasteiger charge is 2.03. The summed E-state index contributed by atoms with van der Waals surface area (Å²) in [6.45, 7) is 0.452. The normalized spacial score (nSPS) is 11.0. The summed E-state index contributed by atoms with van der Waals surface area (Å²) in [5.74, 6) is 1.70. The fourth-order valence-corrected chi connectivity index (χ4v) is 3.90. The summed E-state index contributed by atoms with van der Waals surface area (Å²) in [5.41, 5.74) is 5.75. The summed E-state index contributed by atoms with van der Waals surface area (Å²) in [7, 11) is 0. The Morgan fingerprint density at radius 3 is 2.52 bits per heavy atom. The second-order valence-corrected chi connectivity index (χ2v) is 8.13. The number of H-pyrrole nitrogens is 1. The van der Waals surface area contributed by atoms with Gasteiger partial charge in [-0.3, -0.25) is 0 Å². The van der Waals surface area contributed by atoms with Crippen LogP contribution in [0.3, 0.4) is 0 Å². The molecule has 5 rings (SSSR count). The summed E-state index contributed by atoms with van der Waals surface area (Å²) >= 11 is 0. The first kappa shape index (κ1) is 20.8. The fraction of sp³-hybridized carbons (Fsp3) is 0.185. The first-order valence-corrected chi connectivity index (χ1v) is 11.2. The number of nitrogens with one attached hydrogen (secondary N) is 1. The number of tetrazole rings is 1. The monoisotopic (exact) mass is 435 g/mol. The van der Waals surface area contributed by atoms with Crippen molar-refractivity contribution in [1.82, 2.24) is 25.6 Å². The maximum atomic E-state index is 6.03. The van der Waals surface area contributed by atoms with Crippen LogP contribution in [0, 0.1) is 0 Å². The van der Waals surface area contributed by atoms with E-state index in [1.54, 1.807) is 0 Å². The van der Waals surface area contributed by atoms with Crippen LogP contribution < -0.4 is 4.74 Å². The van der Waals surface area contributed by atoms with Gasteiger partial charge in [0.15, 0.2) is 0 Å². The minimum Gasteiger partial charge on any atom is -0.487 e. The van der Waals surface area contributed by atoms with Gasteiger partial charge in [-0.05, 0) is 70.6 Å². The molecule has 0 aliphatic heterocycles. The maximum absolute atomic E-state index is 6.03. The van der Waals surface area contributed by atoms with Crippen LogP contribution in [0.4, 0.5) is 0 Å². The van der Waals surface area contributed by atoms with Gasteiger partial charge in [0.05, 0.1) is 11.2 Å². The molecule has 0 bridgehead atoms.